The average molecular weight is 300 g/mol. The third kappa shape index (κ3) is 4.00. The normalized spacial score (nSPS) is 12.9. The van der Waals surface area contributed by atoms with Crippen LogP contribution in [0.5, 0.6) is 0 Å². The third-order valence-electron chi connectivity index (χ3n) is 2.75. The summed E-state index contributed by atoms with van der Waals surface area (Å²) < 4.78 is 1.01. The Labute approximate surface area is 113 Å². The van der Waals surface area contributed by atoms with Gasteiger partial charge >= 0.3 is 0 Å². The van der Waals surface area contributed by atoms with E-state index in [1.54, 1.807) is 0 Å². The maximum atomic E-state index is 9.86. The largest absolute Gasteiger partial charge is 0.389 e. The number of hydrogen-bond donors (Lipinski definition) is 1. The predicted octanol–water partition coefficient (Wildman–Crippen LogP) is 3.98. The van der Waals surface area contributed by atoms with E-state index in [4.69, 9.17) is 0 Å². The van der Waals surface area contributed by atoms with Crippen LogP contribution in [0.2, 0.25) is 0 Å². The number of aliphatic hydroxyl groups is 1. The Bertz CT molecular complexity index is 363. The standard InChI is InChI=1S/C14H22BrNO/c1-5-16(9-10(2)3)14-7-6-12(15)8-13(14)11(4)17/h6-8,10-11,17H,5,9H2,1-4H3. The number of aliphatic hydroxyl groups excluding tert-OH is 1. The summed E-state index contributed by atoms with van der Waals surface area (Å²) in [5, 5.41) is 9.86. The van der Waals surface area contributed by atoms with Gasteiger partial charge in [-0.25, -0.2) is 0 Å². The zero-order chi connectivity index (χ0) is 13.0. The topological polar surface area (TPSA) is 23.5 Å². The Balaban J connectivity index is 3.09. The molecular weight excluding hydrogens is 278 g/mol. The molecule has 1 atom stereocenters. The van der Waals surface area contributed by atoms with Crippen molar-refractivity contribution < 1.29 is 5.11 Å². The molecule has 0 radical (unpaired) electrons. The second-order valence-corrected chi connectivity index (χ2v) is 5.73. The molecule has 0 aliphatic rings. The van der Waals surface area contributed by atoms with E-state index in [0.29, 0.717) is 5.92 Å². The van der Waals surface area contributed by atoms with Gasteiger partial charge < -0.3 is 10.0 Å². The molecule has 0 amide bonds. The van der Waals surface area contributed by atoms with Gasteiger partial charge in [0.15, 0.2) is 0 Å². The van der Waals surface area contributed by atoms with Crippen molar-refractivity contribution in [1.29, 1.82) is 0 Å². The van der Waals surface area contributed by atoms with Crippen LogP contribution in [-0.4, -0.2) is 18.2 Å². The maximum Gasteiger partial charge on any atom is 0.0782 e. The lowest BCUT2D eigenvalue weighted by Crippen LogP contribution is -2.28. The summed E-state index contributed by atoms with van der Waals surface area (Å²) in [5.74, 6) is 0.612. The second kappa shape index (κ2) is 6.41. The minimum atomic E-state index is -0.441. The molecule has 0 aliphatic carbocycles. The van der Waals surface area contributed by atoms with Gasteiger partial charge in [-0.1, -0.05) is 29.8 Å². The highest BCUT2D eigenvalue weighted by Crippen LogP contribution is 2.29. The number of rotatable bonds is 5. The van der Waals surface area contributed by atoms with E-state index in [2.05, 4.69) is 47.7 Å². The second-order valence-electron chi connectivity index (χ2n) is 4.81. The van der Waals surface area contributed by atoms with E-state index in [-0.39, 0.29) is 0 Å². The smallest absolute Gasteiger partial charge is 0.0782 e. The molecule has 0 spiro atoms. The van der Waals surface area contributed by atoms with Gasteiger partial charge in [0.2, 0.25) is 0 Å². The van der Waals surface area contributed by atoms with Crippen molar-refractivity contribution in [3.63, 3.8) is 0 Å². The van der Waals surface area contributed by atoms with Gasteiger partial charge in [-0.05, 0) is 38.0 Å². The van der Waals surface area contributed by atoms with Crippen molar-refractivity contribution in [2.45, 2.75) is 33.8 Å². The molecule has 0 saturated carbocycles. The molecule has 3 heteroatoms. The van der Waals surface area contributed by atoms with E-state index in [1.165, 1.54) is 0 Å². The molecule has 96 valence electrons. The van der Waals surface area contributed by atoms with Gasteiger partial charge in [0.1, 0.15) is 0 Å². The molecule has 1 N–H and O–H groups in total. The summed E-state index contributed by atoms with van der Waals surface area (Å²) >= 11 is 3.46. The summed E-state index contributed by atoms with van der Waals surface area (Å²) in [6.45, 7) is 10.4. The van der Waals surface area contributed by atoms with Crippen LogP contribution in [0.4, 0.5) is 5.69 Å². The molecule has 1 aromatic carbocycles. The van der Waals surface area contributed by atoms with Gasteiger partial charge in [0, 0.05) is 28.8 Å². The van der Waals surface area contributed by atoms with Crippen molar-refractivity contribution in [3.05, 3.63) is 28.2 Å². The number of nitrogens with zero attached hydrogens (tertiary/aromatic N) is 1. The van der Waals surface area contributed by atoms with Crippen LogP contribution >= 0.6 is 15.9 Å². The van der Waals surface area contributed by atoms with E-state index in [1.807, 2.05) is 19.1 Å². The number of benzene rings is 1. The molecule has 1 rings (SSSR count). The van der Waals surface area contributed by atoms with Crippen molar-refractivity contribution >= 4 is 21.6 Å². The van der Waals surface area contributed by atoms with E-state index >= 15 is 0 Å². The molecular formula is C14H22BrNO. The molecule has 2 nitrogen and oxygen atoms in total. The molecule has 0 aromatic heterocycles. The van der Waals surface area contributed by atoms with Crippen molar-refractivity contribution in [1.82, 2.24) is 0 Å². The molecule has 0 saturated heterocycles. The first-order valence-corrected chi connectivity index (χ1v) is 6.97. The highest BCUT2D eigenvalue weighted by Gasteiger charge is 2.14. The van der Waals surface area contributed by atoms with Gasteiger partial charge in [-0.15, -0.1) is 0 Å². The Morgan fingerprint density at radius 2 is 1.94 bits per heavy atom. The maximum absolute atomic E-state index is 9.86. The number of halogens is 1. The number of hydrogen-bond acceptors (Lipinski definition) is 2. The first-order valence-electron chi connectivity index (χ1n) is 6.18. The van der Waals surface area contributed by atoms with Crippen LogP contribution in [0.25, 0.3) is 0 Å². The molecule has 17 heavy (non-hydrogen) atoms. The van der Waals surface area contributed by atoms with Crippen LogP contribution in [0, 0.1) is 5.92 Å². The minimum absolute atomic E-state index is 0.441. The quantitative estimate of drug-likeness (QED) is 0.889. The average Bonchev–Trinajstić information content (AvgIpc) is 2.25. The summed E-state index contributed by atoms with van der Waals surface area (Å²) in [7, 11) is 0. The van der Waals surface area contributed by atoms with Crippen LogP contribution in [0.1, 0.15) is 39.4 Å². The zero-order valence-electron chi connectivity index (χ0n) is 11.1. The summed E-state index contributed by atoms with van der Waals surface area (Å²) in [6, 6.07) is 6.12. The van der Waals surface area contributed by atoms with Gasteiger partial charge in [0.25, 0.3) is 0 Å². The summed E-state index contributed by atoms with van der Waals surface area (Å²) in [5.41, 5.74) is 2.13. The highest BCUT2D eigenvalue weighted by atomic mass is 79.9. The molecule has 0 heterocycles. The lowest BCUT2D eigenvalue weighted by Gasteiger charge is -2.28. The minimum Gasteiger partial charge on any atom is -0.389 e. The van der Waals surface area contributed by atoms with Gasteiger partial charge in [-0.3, -0.25) is 0 Å². The first-order chi connectivity index (χ1) is 7.95. The molecule has 0 aliphatic heterocycles. The van der Waals surface area contributed by atoms with Gasteiger partial charge in [0.05, 0.1) is 6.10 Å². The van der Waals surface area contributed by atoms with Gasteiger partial charge in [-0.2, -0.15) is 0 Å². The van der Waals surface area contributed by atoms with E-state index in [9.17, 15) is 5.11 Å². The summed E-state index contributed by atoms with van der Waals surface area (Å²) in [4.78, 5) is 2.32. The predicted molar refractivity (Wildman–Crippen MR) is 77.5 cm³/mol. The Kier molecular flexibility index (Phi) is 5.47. The van der Waals surface area contributed by atoms with E-state index in [0.717, 1.165) is 28.8 Å². The number of anilines is 1. The van der Waals surface area contributed by atoms with E-state index < -0.39 is 6.10 Å². The monoisotopic (exact) mass is 299 g/mol. The van der Waals surface area contributed by atoms with Crippen LogP contribution in [0.15, 0.2) is 22.7 Å². The fraction of sp³-hybridized carbons (Fsp3) is 0.571. The van der Waals surface area contributed by atoms with Crippen LogP contribution in [-0.2, 0) is 0 Å². The molecule has 1 unspecified atom stereocenters. The Morgan fingerprint density at radius 3 is 2.41 bits per heavy atom. The summed E-state index contributed by atoms with van der Waals surface area (Å²) in [6.07, 6.45) is -0.441. The van der Waals surface area contributed by atoms with Crippen molar-refractivity contribution in [3.8, 4) is 0 Å². The SMILES string of the molecule is CCN(CC(C)C)c1ccc(Br)cc1C(C)O. The Morgan fingerprint density at radius 1 is 1.29 bits per heavy atom. The van der Waals surface area contributed by atoms with Crippen LogP contribution < -0.4 is 4.90 Å². The fourth-order valence-corrected chi connectivity index (χ4v) is 2.37. The zero-order valence-corrected chi connectivity index (χ0v) is 12.7. The first kappa shape index (κ1) is 14.5. The highest BCUT2D eigenvalue weighted by molar-refractivity contribution is 9.10. The van der Waals surface area contributed by atoms with Crippen molar-refractivity contribution in [2.75, 3.05) is 18.0 Å². The lowest BCUT2D eigenvalue weighted by molar-refractivity contribution is 0.199. The molecule has 0 fully saturated rings. The lowest BCUT2D eigenvalue weighted by atomic mass is 10.1. The molecule has 0 bridgehead atoms. The fourth-order valence-electron chi connectivity index (χ4n) is 1.99. The Hall–Kier alpha value is -0.540. The van der Waals surface area contributed by atoms with Crippen molar-refractivity contribution in [2.24, 2.45) is 5.92 Å². The molecule has 1 aromatic rings. The van der Waals surface area contributed by atoms with Crippen LogP contribution in [0.3, 0.4) is 0 Å². The third-order valence-corrected chi connectivity index (χ3v) is 3.24.